The van der Waals surface area contributed by atoms with Crippen molar-refractivity contribution in [2.75, 3.05) is 12.4 Å². The molecule has 2 atom stereocenters. The normalized spacial score (nSPS) is 24.0. The van der Waals surface area contributed by atoms with Gasteiger partial charge in [0.15, 0.2) is 0 Å². The molecule has 2 N–H and O–H groups in total. The minimum absolute atomic E-state index is 0.143. The minimum atomic E-state index is -3.67. The zero-order chi connectivity index (χ0) is 15.6. The Morgan fingerprint density at radius 2 is 1.95 bits per heavy atom. The van der Waals surface area contributed by atoms with Gasteiger partial charge in [0.1, 0.15) is 10.7 Å². The standard InChI is InChI=1S/C13H21BrN4O2S/c1-9-5-4-6-10(2)18(9)17-21(19,20)12-7-11(14)8-16-13(12)15-3/h7-10,17H,4-6H2,1-3H3,(H,15,16). The molecule has 0 aliphatic carbocycles. The fourth-order valence-corrected chi connectivity index (χ4v) is 4.51. The second-order valence-electron chi connectivity index (χ2n) is 5.38. The molecule has 118 valence electrons. The van der Waals surface area contributed by atoms with Crippen LogP contribution in [0.2, 0.25) is 0 Å². The molecule has 1 aliphatic heterocycles. The molecule has 1 aromatic heterocycles. The highest BCUT2D eigenvalue weighted by atomic mass is 79.9. The van der Waals surface area contributed by atoms with E-state index in [1.807, 2.05) is 18.9 Å². The number of nitrogens with zero attached hydrogens (tertiary/aromatic N) is 2. The summed E-state index contributed by atoms with van der Waals surface area (Å²) in [4.78, 5) is 6.96. The number of hydrogen-bond donors (Lipinski definition) is 2. The monoisotopic (exact) mass is 376 g/mol. The van der Waals surface area contributed by atoms with E-state index in [4.69, 9.17) is 0 Å². The Bertz CT molecular complexity index is 598. The van der Waals surface area contributed by atoms with E-state index in [9.17, 15) is 8.42 Å². The van der Waals surface area contributed by atoms with Crippen molar-refractivity contribution < 1.29 is 8.42 Å². The summed E-state index contributed by atoms with van der Waals surface area (Å²) in [5.41, 5.74) is 0. The zero-order valence-electron chi connectivity index (χ0n) is 12.4. The van der Waals surface area contributed by atoms with E-state index in [-0.39, 0.29) is 17.0 Å². The predicted molar refractivity (Wildman–Crippen MR) is 86.4 cm³/mol. The van der Waals surface area contributed by atoms with Crippen LogP contribution in [0.5, 0.6) is 0 Å². The fourth-order valence-electron chi connectivity index (χ4n) is 2.60. The number of sulfonamides is 1. The Morgan fingerprint density at radius 3 is 2.52 bits per heavy atom. The molecule has 6 nitrogen and oxygen atoms in total. The third kappa shape index (κ3) is 3.74. The lowest BCUT2D eigenvalue weighted by Crippen LogP contribution is -2.54. The molecular weight excluding hydrogens is 356 g/mol. The third-order valence-corrected chi connectivity index (χ3v) is 5.54. The van der Waals surface area contributed by atoms with Gasteiger partial charge < -0.3 is 5.32 Å². The second kappa shape index (κ2) is 6.60. The molecular formula is C13H21BrN4O2S. The molecule has 0 amide bonds. The van der Waals surface area contributed by atoms with Crippen molar-refractivity contribution in [3.8, 4) is 0 Å². The highest BCUT2D eigenvalue weighted by Crippen LogP contribution is 2.25. The number of pyridine rings is 1. The molecule has 2 unspecified atom stereocenters. The second-order valence-corrected chi connectivity index (χ2v) is 7.93. The number of rotatable bonds is 4. The smallest absolute Gasteiger partial charge is 0.257 e. The Morgan fingerprint density at radius 1 is 1.33 bits per heavy atom. The van der Waals surface area contributed by atoms with E-state index in [1.165, 1.54) is 0 Å². The summed E-state index contributed by atoms with van der Waals surface area (Å²) in [5.74, 6) is 0.336. The summed E-state index contributed by atoms with van der Waals surface area (Å²) in [5, 5.41) is 4.65. The van der Waals surface area contributed by atoms with Gasteiger partial charge in [0.05, 0.1) is 0 Å². The molecule has 1 aliphatic rings. The van der Waals surface area contributed by atoms with E-state index in [2.05, 4.69) is 31.1 Å². The highest BCUT2D eigenvalue weighted by Gasteiger charge is 2.30. The van der Waals surface area contributed by atoms with E-state index in [0.29, 0.717) is 10.3 Å². The Kier molecular flexibility index (Phi) is 5.24. The molecule has 0 bridgehead atoms. The molecule has 0 saturated carbocycles. The van der Waals surface area contributed by atoms with Crippen molar-refractivity contribution in [3.05, 3.63) is 16.7 Å². The first-order chi connectivity index (χ1) is 9.85. The summed E-state index contributed by atoms with van der Waals surface area (Å²) in [7, 11) is -2.02. The van der Waals surface area contributed by atoms with Crippen LogP contribution in [0, 0.1) is 0 Å². The summed E-state index contributed by atoms with van der Waals surface area (Å²) in [6.07, 6.45) is 4.67. The molecule has 21 heavy (non-hydrogen) atoms. The lowest BCUT2D eigenvalue weighted by atomic mass is 10.0. The maximum Gasteiger partial charge on any atom is 0.257 e. The average molecular weight is 377 g/mol. The van der Waals surface area contributed by atoms with Crippen molar-refractivity contribution in [2.45, 2.75) is 50.1 Å². The van der Waals surface area contributed by atoms with E-state index in [1.54, 1.807) is 19.3 Å². The van der Waals surface area contributed by atoms with Gasteiger partial charge in [-0.2, -0.15) is 0 Å². The third-order valence-electron chi connectivity index (χ3n) is 3.76. The van der Waals surface area contributed by atoms with Gasteiger partial charge in [0.25, 0.3) is 10.0 Å². The Hall–Kier alpha value is -0.700. The zero-order valence-corrected chi connectivity index (χ0v) is 14.8. The Labute approximate surface area is 134 Å². The molecule has 1 saturated heterocycles. The number of hydrazine groups is 1. The summed E-state index contributed by atoms with van der Waals surface area (Å²) >= 11 is 3.27. The number of aromatic nitrogens is 1. The van der Waals surface area contributed by atoms with E-state index in [0.717, 1.165) is 19.3 Å². The van der Waals surface area contributed by atoms with Gasteiger partial charge >= 0.3 is 0 Å². The van der Waals surface area contributed by atoms with Gasteiger partial charge in [-0.3, -0.25) is 0 Å². The van der Waals surface area contributed by atoms with Crippen LogP contribution in [0.25, 0.3) is 0 Å². The van der Waals surface area contributed by atoms with Crippen LogP contribution in [0.15, 0.2) is 21.6 Å². The number of halogens is 1. The van der Waals surface area contributed by atoms with Crippen LogP contribution in [-0.4, -0.2) is 37.5 Å². The van der Waals surface area contributed by atoms with E-state index < -0.39 is 10.0 Å². The van der Waals surface area contributed by atoms with E-state index >= 15 is 0 Å². The predicted octanol–water partition coefficient (Wildman–Crippen LogP) is 2.34. The van der Waals surface area contributed by atoms with Gasteiger partial charge in [-0.1, -0.05) is 6.42 Å². The summed E-state index contributed by atoms with van der Waals surface area (Å²) in [6.45, 7) is 4.08. The van der Waals surface area contributed by atoms with Crippen molar-refractivity contribution in [1.82, 2.24) is 14.8 Å². The highest BCUT2D eigenvalue weighted by molar-refractivity contribution is 9.10. The first-order valence-electron chi connectivity index (χ1n) is 6.99. The molecule has 2 rings (SSSR count). The van der Waals surface area contributed by atoms with Gasteiger partial charge in [-0.15, -0.1) is 4.83 Å². The largest absolute Gasteiger partial charge is 0.372 e. The van der Waals surface area contributed by atoms with Gasteiger partial charge in [-0.25, -0.2) is 18.4 Å². The molecule has 0 aromatic carbocycles. The van der Waals surface area contributed by atoms with Crippen LogP contribution < -0.4 is 10.1 Å². The number of anilines is 1. The summed E-state index contributed by atoms with van der Waals surface area (Å²) in [6, 6.07) is 1.92. The van der Waals surface area contributed by atoms with Crippen LogP contribution >= 0.6 is 15.9 Å². The SMILES string of the molecule is CNc1ncc(Br)cc1S(=O)(=O)NN1C(C)CCCC1C. The van der Waals surface area contributed by atoms with Crippen molar-refractivity contribution in [3.63, 3.8) is 0 Å². The number of nitrogens with one attached hydrogen (secondary N) is 2. The molecule has 0 spiro atoms. The van der Waals surface area contributed by atoms with Crippen molar-refractivity contribution in [2.24, 2.45) is 0 Å². The average Bonchev–Trinajstić information content (AvgIpc) is 2.43. The van der Waals surface area contributed by atoms with Crippen LogP contribution in [0.3, 0.4) is 0 Å². The lowest BCUT2D eigenvalue weighted by Gasteiger charge is -2.38. The maximum absolute atomic E-state index is 12.7. The van der Waals surface area contributed by atoms with Crippen molar-refractivity contribution >= 4 is 31.8 Å². The van der Waals surface area contributed by atoms with Crippen molar-refractivity contribution in [1.29, 1.82) is 0 Å². The molecule has 1 aromatic rings. The molecule has 8 heteroatoms. The van der Waals surface area contributed by atoms with Gasteiger partial charge in [0.2, 0.25) is 0 Å². The quantitative estimate of drug-likeness (QED) is 0.843. The first-order valence-corrected chi connectivity index (χ1v) is 9.27. The first kappa shape index (κ1) is 16.7. The van der Waals surface area contributed by atoms with Crippen LogP contribution in [-0.2, 0) is 10.0 Å². The van der Waals surface area contributed by atoms with Gasteiger partial charge in [-0.05, 0) is 48.7 Å². The molecule has 0 radical (unpaired) electrons. The Balaban J connectivity index is 2.32. The number of piperidine rings is 1. The van der Waals surface area contributed by atoms with Crippen LogP contribution in [0.4, 0.5) is 5.82 Å². The maximum atomic E-state index is 12.7. The molecule has 2 heterocycles. The van der Waals surface area contributed by atoms with Crippen LogP contribution in [0.1, 0.15) is 33.1 Å². The van der Waals surface area contributed by atoms with Gasteiger partial charge in [0, 0.05) is 29.8 Å². The summed E-state index contributed by atoms with van der Waals surface area (Å²) < 4.78 is 26.0. The fraction of sp³-hybridized carbons (Fsp3) is 0.615. The molecule has 1 fully saturated rings. The minimum Gasteiger partial charge on any atom is -0.372 e. The number of hydrogen-bond acceptors (Lipinski definition) is 5. The topological polar surface area (TPSA) is 74.3 Å². The lowest BCUT2D eigenvalue weighted by molar-refractivity contribution is 0.0790.